The number of hydrogen-bond donors (Lipinski definition) is 6. The van der Waals surface area contributed by atoms with E-state index in [1.54, 1.807) is 0 Å². The van der Waals surface area contributed by atoms with Crippen LogP contribution < -0.4 is 0 Å². The fraction of sp³-hybridized carbons (Fsp3) is 0.958. The van der Waals surface area contributed by atoms with Gasteiger partial charge in [-0.1, -0.05) is 182 Å². The van der Waals surface area contributed by atoms with Crippen molar-refractivity contribution in [1.29, 1.82) is 0 Å². The lowest BCUT2D eigenvalue weighted by atomic mass is 9.94. The maximum absolute atomic E-state index is 13.4. The van der Waals surface area contributed by atoms with Gasteiger partial charge in [0.25, 0.3) is 0 Å². The number of unbranched alkanes of at least 4 members (excludes halogenated alkanes) is 20. The SMILES string of the molecule is CCCCCCCCC(CCCCCCCC)C(=O)OC[C@H]1O[C@H](O[C@H]2O[C@H](COC(=O)C(CCCCCCCC)CCCCCCCC)[C@@H](O)[C@H](O)[C@H]2O)[C@H](O)[C@@H](O)[C@@H]1O. The zero-order chi connectivity index (χ0) is 44.8. The molecule has 0 saturated carbocycles. The van der Waals surface area contributed by atoms with Gasteiger partial charge in [-0.2, -0.15) is 0 Å². The molecule has 0 aromatic heterocycles. The molecule has 2 aliphatic heterocycles. The van der Waals surface area contributed by atoms with Crippen molar-refractivity contribution in [2.24, 2.45) is 11.8 Å². The first-order valence-corrected chi connectivity index (χ1v) is 24.9. The minimum Gasteiger partial charge on any atom is -0.463 e. The molecule has 0 amide bonds. The molecule has 0 aromatic carbocycles. The van der Waals surface area contributed by atoms with Gasteiger partial charge in [-0.3, -0.25) is 9.59 Å². The molecule has 0 spiro atoms. The van der Waals surface area contributed by atoms with Crippen molar-refractivity contribution < 1.29 is 63.9 Å². The first kappa shape index (κ1) is 55.7. The molecular formula is C48H90O13. The summed E-state index contributed by atoms with van der Waals surface area (Å²) in [6, 6.07) is 0. The molecule has 6 N–H and O–H groups in total. The molecule has 360 valence electrons. The Morgan fingerprint density at radius 3 is 0.934 bits per heavy atom. The molecule has 2 aliphatic rings. The summed E-state index contributed by atoms with van der Waals surface area (Å²) >= 11 is 0. The average Bonchev–Trinajstić information content (AvgIpc) is 3.25. The molecule has 2 fully saturated rings. The molecule has 13 nitrogen and oxygen atoms in total. The Balaban J connectivity index is 2.03. The van der Waals surface area contributed by atoms with E-state index < -0.39 is 86.6 Å². The first-order chi connectivity index (χ1) is 29.5. The second-order valence-corrected chi connectivity index (χ2v) is 18.0. The summed E-state index contributed by atoms with van der Waals surface area (Å²) < 4.78 is 28.8. The number of ether oxygens (including phenoxy) is 5. The number of carbonyl (C=O) groups is 2. The number of esters is 2. The smallest absolute Gasteiger partial charge is 0.309 e. The molecule has 13 heteroatoms. The van der Waals surface area contributed by atoms with E-state index in [9.17, 15) is 40.2 Å². The van der Waals surface area contributed by atoms with Gasteiger partial charge in [0.1, 0.15) is 62.0 Å². The van der Waals surface area contributed by atoms with Crippen molar-refractivity contribution in [3.8, 4) is 0 Å². The van der Waals surface area contributed by atoms with Crippen molar-refractivity contribution in [2.45, 2.75) is 269 Å². The Morgan fingerprint density at radius 1 is 0.393 bits per heavy atom. The van der Waals surface area contributed by atoms with Crippen LogP contribution in [0.5, 0.6) is 0 Å². The van der Waals surface area contributed by atoms with Crippen LogP contribution in [0.25, 0.3) is 0 Å². The third-order valence-corrected chi connectivity index (χ3v) is 12.7. The summed E-state index contributed by atoms with van der Waals surface area (Å²) in [6.07, 6.45) is 12.8. The zero-order valence-electron chi connectivity index (χ0n) is 38.7. The predicted molar refractivity (Wildman–Crippen MR) is 235 cm³/mol. The second-order valence-electron chi connectivity index (χ2n) is 18.0. The Hall–Kier alpha value is -1.42. The van der Waals surface area contributed by atoms with E-state index >= 15 is 0 Å². The van der Waals surface area contributed by atoms with Crippen molar-refractivity contribution in [3.05, 3.63) is 0 Å². The second kappa shape index (κ2) is 34.0. The van der Waals surface area contributed by atoms with Crippen molar-refractivity contribution in [3.63, 3.8) is 0 Å². The summed E-state index contributed by atoms with van der Waals surface area (Å²) in [5.41, 5.74) is 0. The molecule has 0 aromatic rings. The quantitative estimate of drug-likeness (QED) is 0.0262. The number of carbonyl (C=O) groups excluding carboxylic acids is 2. The molecular weight excluding hydrogens is 785 g/mol. The van der Waals surface area contributed by atoms with Crippen molar-refractivity contribution in [1.82, 2.24) is 0 Å². The molecule has 2 rings (SSSR count). The predicted octanol–water partition coefficient (Wildman–Crippen LogP) is 7.94. The van der Waals surface area contributed by atoms with Gasteiger partial charge in [0, 0.05) is 0 Å². The minimum absolute atomic E-state index is 0.313. The topological polar surface area (TPSA) is 202 Å². The van der Waals surface area contributed by atoms with Gasteiger partial charge in [0.15, 0.2) is 12.6 Å². The number of aliphatic hydroxyl groups excluding tert-OH is 6. The summed E-state index contributed by atoms with van der Waals surface area (Å²) in [5, 5.41) is 64.9. The third kappa shape index (κ3) is 21.9. The van der Waals surface area contributed by atoms with E-state index in [0.29, 0.717) is 25.7 Å². The van der Waals surface area contributed by atoms with Gasteiger partial charge in [0.05, 0.1) is 11.8 Å². The van der Waals surface area contributed by atoms with E-state index in [2.05, 4.69) is 27.7 Å². The molecule has 0 unspecified atom stereocenters. The van der Waals surface area contributed by atoms with Gasteiger partial charge in [-0.25, -0.2) is 0 Å². The van der Waals surface area contributed by atoms with E-state index in [0.717, 1.165) is 103 Å². The maximum atomic E-state index is 13.4. The lowest BCUT2D eigenvalue weighted by molar-refractivity contribution is -0.376. The van der Waals surface area contributed by atoms with Crippen LogP contribution in [0.15, 0.2) is 0 Å². The number of rotatable bonds is 36. The maximum Gasteiger partial charge on any atom is 0.309 e. The number of aliphatic hydroxyl groups is 6. The Labute approximate surface area is 369 Å². The van der Waals surface area contributed by atoms with Crippen LogP contribution in [0, 0.1) is 11.8 Å². The lowest BCUT2D eigenvalue weighted by Crippen LogP contribution is -2.64. The lowest BCUT2D eigenvalue weighted by Gasteiger charge is -2.44. The molecule has 0 aliphatic carbocycles. The van der Waals surface area contributed by atoms with Crippen LogP contribution >= 0.6 is 0 Å². The standard InChI is InChI=1S/C48H90O13/c1-5-9-13-17-21-25-29-35(30-26-22-18-14-10-6-2)45(55)57-33-37-39(49)41(51)43(53)47(59-37)61-48-44(54)42(52)40(50)38(60-48)34-58-46(56)36(31-27-23-19-15-11-7-3)32-28-24-20-16-12-8-4/h35-44,47-54H,5-34H2,1-4H3/t37-,38-,39-,40-,41+,42+,43-,44-,47-,48-/m1/s1. The monoisotopic (exact) mass is 875 g/mol. The highest BCUT2D eigenvalue weighted by Crippen LogP contribution is 2.30. The van der Waals surface area contributed by atoms with E-state index in [-0.39, 0.29) is 11.8 Å². The number of hydrogen-bond acceptors (Lipinski definition) is 13. The van der Waals surface area contributed by atoms with E-state index in [1.807, 2.05) is 0 Å². The summed E-state index contributed by atoms with van der Waals surface area (Å²) in [6.45, 7) is 7.88. The largest absolute Gasteiger partial charge is 0.463 e. The highest BCUT2D eigenvalue weighted by Gasteiger charge is 2.50. The fourth-order valence-electron chi connectivity index (χ4n) is 8.47. The van der Waals surface area contributed by atoms with Crippen molar-refractivity contribution >= 4 is 11.9 Å². The minimum atomic E-state index is -1.81. The van der Waals surface area contributed by atoms with Gasteiger partial charge < -0.3 is 54.3 Å². The van der Waals surface area contributed by atoms with Gasteiger partial charge in [-0.05, 0) is 25.7 Å². The molecule has 0 radical (unpaired) electrons. The van der Waals surface area contributed by atoms with Gasteiger partial charge in [0.2, 0.25) is 0 Å². The van der Waals surface area contributed by atoms with Crippen molar-refractivity contribution in [2.75, 3.05) is 13.2 Å². The molecule has 61 heavy (non-hydrogen) atoms. The van der Waals surface area contributed by atoms with Crippen LogP contribution in [-0.2, 0) is 33.3 Å². The van der Waals surface area contributed by atoms with Crippen LogP contribution in [-0.4, -0.2) is 117 Å². The Kier molecular flexibility index (Phi) is 31.1. The van der Waals surface area contributed by atoms with E-state index in [4.69, 9.17) is 23.7 Å². The highest BCUT2D eigenvalue weighted by atomic mass is 16.8. The first-order valence-electron chi connectivity index (χ1n) is 24.9. The molecule has 10 atom stereocenters. The normalized spacial score (nSPS) is 26.9. The fourth-order valence-corrected chi connectivity index (χ4v) is 8.47. The van der Waals surface area contributed by atoms with Crippen LogP contribution in [0.3, 0.4) is 0 Å². The Morgan fingerprint density at radius 2 is 0.656 bits per heavy atom. The van der Waals surface area contributed by atoms with Gasteiger partial charge in [-0.15, -0.1) is 0 Å². The average molecular weight is 875 g/mol. The highest BCUT2D eigenvalue weighted by molar-refractivity contribution is 5.72. The molecule has 2 saturated heterocycles. The van der Waals surface area contributed by atoms with Crippen LogP contribution in [0.2, 0.25) is 0 Å². The zero-order valence-corrected chi connectivity index (χ0v) is 38.7. The molecule has 2 heterocycles. The van der Waals surface area contributed by atoms with Crippen LogP contribution in [0.4, 0.5) is 0 Å². The summed E-state index contributed by atoms with van der Waals surface area (Å²) in [4.78, 5) is 26.8. The molecule has 0 bridgehead atoms. The van der Waals surface area contributed by atoms with Crippen LogP contribution in [0.1, 0.15) is 207 Å². The summed E-state index contributed by atoms with van der Waals surface area (Å²) in [5.74, 6) is -1.44. The van der Waals surface area contributed by atoms with E-state index in [1.165, 1.54) is 51.4 Å². The Bertz CT molecular complexity index is 982. The van der Waals surface area contributed by atoms with Gasteiger partial charge >= 0.3 is 11.9 Å². The summed E-state index contributed by atoms with van der Waals surface area (Å²) in [7, 11) is 0. The third-order valence-electron chi connectivity index (χ3n) is 12.7.